The molecule has 0 amide bonds. The molecule has 0 radical (unpaired) electrons. The lowest BCUT2D eigenvalue weighted by molar-refractivity contribution is -0.181. The maximum absolute atomic E-state index is 12.8. The molecule has 0 aromatic rings. The van der Waals surface area contributed by atoms with Crippen LogP contribution >= 0.6 is 24.0 Å². The smallest absolute Gasteiger partial charge is 0.403 e. The molecular weight excluding hydrogens is 452 g/mol. The zero-order valence-corrected chi connectivity index (χ0v) is 17.6. The number of alkyl halides is 3. The first-order chi connectivity index (χ1) is 10.9. The van der Waals surface area contributed by atoms with Crippen LogP contribution in [0.5, 0.6) is 0 Å². The maximum Gasteiger partial charge on any atom is 0.403 e. The van der Waals surface area contributed by atoms with Crippen LogP contribution in [0, 0.1) is 0 Å². The van der Waals surface area contributed by atoms with Crippen LogP contribution in [0.3, 0.4) is 0 Å². The molecule has 0 aliphatic carbocycles. The van der Waals surface area contributed by atoms with Gasteiger partial charge in [0, 0.05) is 33.2 Å². The van der Waals surface area contributed by atoms with Crippen molar-refractivity contribution in [3.63, 3.8) is 0 Å². The Morgan fingerprint density at radius 3 is 2.12 bits per heavy atom. The number of esters is 1. The van der Waals surface area contributed by atoms with Gasteiger partial charge in [0.1, 0.15) is 18.2 Å². The van der Waals surface area contributed by atoms with Crippen LogP contribution in [0.2, 0.25) is 0 Å². The molecule has 1 aliphatic heterocycles. The summed E-state index contributed by atoms with van der Waals surface area (Å²) >= 11 is 0. The highest BCUT2D eigenvalue weighted by atomic mass is 127. The molecule has 0 aromatic carbocycles. The first kappa shape index (κ1) is 24.2. The molecule has 0 saturated carbocycles. The lowest BCUT2D eigenvalue weighted by atomic mass is 10.2. The van der Waals surface area contributed by atoms with Crippen molar-refractivity contribution in [2.45, 2.75) is 45.5 Å². The van der Waals surface area contributed by atoms with E-state index in [9.17, 15) is 18.0 Å². The largest absolute Gasteiger partial charge is 0.459 e. The maximum atomic E-state index is 12.8. The number of piperazine rings is 1. The van der Waals surface area contributed by atoms with Gasteiger partial charge in [0.2, 0.25) is 0 Å². The number of nitrogens with zero attached hydrogens (tertiary/aromatic N) is 3. The molecule has 1 aliphatic rings. The number of hydrogen-bond donors (Lipinski definition) is 1. The number of hydrogen-bond acceptors (Lipinski definition) is 4. The van der Waals surface area contributed by atoms with Crippen LogP contribution < -0.4 is 5.32 Å². The van der Waals surface area contributed by atoms with Crippen molar-refractivity contribution in [2.24, 2.45) is 4.99 Å². The molecule has 0 aromatic heterocycles. The molecule has 1 heterocycles. The van der Waals surface area contributed by atoms with Crippen LogP contribution in [0.4, 0.5) is 13.2 Å². The standard InChI is InChI=1S/C15H27F3N4O2.HI/c1-11(15(16,17)18)21-6-8-22(9-7-21)13(19-5)20-10-12(23)24-14(2,3)4;/h11H,6-10H2,1-5H3,(H,19,20);1H. The molecule has 10 heteroatoms. The molecular formula is C15H28F3IN4O2. The van der Waals surface area contributed by atoms with Gasteiger partial charge in [-0.05, 0) is 27.7 Å². The van der Waals surface area contributed by atoms with Crippen LogP contribution in [0.25, 0.3) is 0 Å². The van der Waals surface area contributed by atoms with E-state index in [1.54, 1.807) is 27.8 Å². The fourth-order valence-corrected chi connectivity index (χ4v) is 2.39. The number of aliphatic imine (C=N–C) groups is 1. The SMILES string of the molecule is CN=C(NCC(=O)OC(C)(C)C)N1CCN(C(C)C(F)(F)F)CC1.I. The van der Waals surface area contributed by atoms with E-state index in [4.69, 9.17) is 4.74 Å². The average Bonchev–Trinajstić information content (AvgIpc) is 2.45. The van der Waals surface area contributed by atoms with Gasteiger partial charge in [-0.2, -0.15) is 13.2 Å². The van der Waals surface area contributed by atoms with Gasteiger partial charge in [-0.1, -0.05) is 0 Å². The van der Waals surface area contributed by atoms with Gasteiger partial charge in [-0.15, -0.1) is 24.0 Å². The third kappa shape index (κ3) is 8.43. The zero-order chi connectivity index (χ0) is 18.5. The molecule has 1 unspecified atom stereocenters. The molecule has 0 spiro atoms. The van der Waals surface area contributed by atoms with E-state index in [-0.39, 0.29) is 43.6 Å². The fraction of sp³-hybridized carbons (Fsp3) is 0.867. The molecule has 1 rings (SSSR count). The van der Waals surface area contributed by atoms with Crippen molar-refractivity contribution >= 4 is 35.9 Å². The number of carbonyl (C=O) groups is 1. The highest BCUT2D eigenvalue weighted by Gasteiger charge is 2.41. The molecule has 1 saturated heterocycles. The normalized spacial score (nSPS) is 18.4. The average molecular weight is 480 g/mol. The van der Waals surface area contributed by atoms with Crippen molar-refractivity contribution in [3.05, 3.63) is 0 Å². The third-order valence-electron chi connectivity index (χ3n) is 3.66. The van der Waals surface area contributed by atoms with E-state index in [2.05, 4.69) is 10.3 Å². The van der Waals surface area contributed by atoms with Crippen molar-refractivity contribution in [1.29, 1.82) is 0 Å². The number of ether oxygens (including phenoxy) is 1. The zero-order valence-electron chi connectivity index (χ0n) is 15.3. The molecule has 0 bridgehead atoms. The van der Waals surface area contributed by atoms with Crippen molar-refractivity contribution in [1.82, 2.24) is 15.1 Å². The molecule has 1 N–H and O–H groups in total. The summed E-state index contributed by atoms with van der Waals surface area (Å²) in [7, 11) is 1.57. The number of carbonyl (C=O) groups excluding carboxylic acids is 1. The molecule has 1 fully saturated rings. The first-order valence-corrected chi connectivity index (χ1v) is 7.92. The monoisotopic (exact) mass is 480 g/mol. The Morgan fingerprint density at radius 1 is 1.20 bits per heavy atom. The Hall–Kier alpha value is -0.780. The quantitative estimate of drug-likeness (QED) is 0.290. The number of rotatable bonds is 3. The van der Waals surface area contributed by atoms with Crippen LogP contribution in [0.15, 0.2) is 4.99 Å². The van der Waals surface area contributed by atoms with Gasteiger partial charge >= 0.3 is 12.1 Å². The molecule has 25 heavy (non-hydrogen) atoms. The molecule has 6 nitrogen and oxygen atoms in total. The van der Waals surface area contributed by atoms with Crippen molar-refractivity contribution in [3.8, 4) is 0 Å². The van der Waals surface area contributed by atoms with Gasteiger partial charge in [0.25, 0.3) is 0 Å². The lowest BCUT2D eigenvalue weighted by Gasteiger charge is -2.39. The number of guanidine groups is 1. The van der Waals surface area contributed by atoms with Gasteiger partial charge < -0.3 is 15.0 Å². The van der Waals surface area contributed by atoms with Gasteiger partial charge in [0.05, 0.1) is 0 Å². The van der Waals surface area contributed by atoms with Crippen LogP contribution in [-0.2, 0) is 9.53 Å². The second kappa shape index (κ2) is 9.79. The van der Waals surface area contributed by atoms with E-state index >= 15 is 0 Å². The minimum Gasteiger partial charge on any atom is -0.459 e. The van der Waals surface area contributed by atoms with E-state index in [1.807, 2.05) is 4.90 Å². The van der Waals surface area contributed by atoms with Crippen molar-refractivity contribution < 1.29 is 22.7 Å². The second-order valence-electron chi connectivity index (χ2n) is 6.73. The summed E-state index contributed by atoms with van der Waals surface area (Å²) in [6, 6.07) is -1.46. The topological polar surface area (TPSA) is 57.2 Å². The number of nitrogens with one attached hydrogen (secondary N) is 1. The highest BCUT2D eigenvalue weighted by molar-refractivity contribution is 14.0. The predicted octanol–water partition coefficient (Wildman–Crippen LogP) is 2.09. The molecule has 1 atom stereocenters. The summed E-state index contributed by atoms with van der Waals surface area (Å²) < 4.78 is 43.5. The van der Waals surface area contributed by atoms with E-state index in [0.717, 1.165) is 0 Å². The summed E-state index contributed by atoms with van der Waals surface area (Å²) in [6.07, 6.45) is -4.22. The third-order valence-corrected chi connectivity index (χ3v) is 3.66. The Bertz CT molecular complexity index is 459. The summed E-state index contributed by atoms with van der Waals surface area (Å²) in [6.45, 7) is 7.86. The van der Waals surface area contributed by atoms with Crippen LogP contribution in [0.1, 0.15) is 27.7 Å². The number of halogens is 4. The summed E-state index contributed by atoms with van der Waals surface area (Å²) in [5, 5.41) is 2.90. The summed E-state index contributed by atoms with van der Waals surface area (Å²) in [5.74, 6) is 0.0770. The minimum atomic E-state index is -4.22. The summed E-state index contributed by atoms with van der Waals surface area (Å²) in [4.78, 5) is 19.0. The highest BCUT2D eigenvalue weighted by Crippen LogP contribution is 2.25. The van der Waals surface area contributed by atoms with Gasteiger partial charge in [-0.3, -0.25) is 14.7 Å². The summed E-state index contributed by atoms with van der Waals surface area (Å²) in [5.41, 5.74) is -0.568. The Balaban J connectivity index is 0.00000576. The van der Waals surface area contributed by atoms with Gasteiger partial charge in [-0.25, -0.2) is 0 Å². The second-order valence-corrected chi connectivity index (χ2v) is 6.73. The Morgan fingerprint density at radius 2 is 1.72 bits per heavy atom. The van der Waals surface area contributed by atoms with Gasteiger partial charge in [0.15, 0.2) is 5.96 Å². The predicted molar refractivity (Wildman–Crippen MR) is 101 cm³/mol. The van der Waals surface area contributed by atoms with E-state index in [0.29, 0.717) is 19.0 Å². The van der Waals surface area contributed by atoms with E-state index in [1.165, 1.54) is 11.8 Å². The Labute approximate surface area is 164 Å². The van der Waals surface area contributed by atoms with Crippen LogP contribution in [-0.4, -0.2) is 79.3 Å². The Kier molecular flexibility index (Phi) is 9.48. The fourth-order valence-electron chi connectivity index (χ4n) is 2.39. The lowest BCUT2D eigenvalue weighted by Crippen LogP contribution is -2.57. The van der Waals surface area contributed by atoms with Crippen molar-refractivity contribution in [2.75, 3.05) is 39.8 Å². The molecule has 148 valence electrons. The van der Waals surface area contributed by atoms with E-state index < -0.39 is 23.8 Å². The first-order valence-electron chi connectivity index (χ1n) is 7.92. The minimum absolute atomic E-state index is 0.